The fourth-order valence-corrected chi connectivity index (χ4v) is 4.12. The highest BCUT2D eigenvalue weighted by molar-refractivity contribution is 14.0. The van der Waals surface area contributed by atoms with Gasteiger partial charge in [0, 0.05) is 19.3 Å². The van der Waals surface area contributed by atoms with Gasteiger partial charge in [-0.05, 0) is 56.0 Å². The summed E-state index contributed by atoms with van der Waals surface area (Å²) >= 11 is 0. The predicted molar refractivity (Wildman–Crippen MR) is 134 cm³/mol. The van der Waals surface area contributed by atoms with E-state index in [2.05, 4.69) is 28.6 Å². The van der Waals surface area contributed by atoms with Crippen LogP contribution in [0.5, 0.6) is 5.75 Å². The second-order valence-corrected chi connectivity index (χ2v) is 9.04. The van der Waals surface area contributed by atoms with Gasteiger partial charge < -0.3 is 15.4 Å². The van der Waals surface area contributed by atoms with Gasteiger partial charge in [-0.2, -0.15) is 0 Å². The second-order valence-electron chi connectivity index (χ2n) is 7.06. The van der Waals surface area contributed by atoms with Crippen LogP contribution in [0.4, 0.5) is 0 Å². The fraction of sp³-hybridized carbons (Fsp3) is 0.409. The van der Waals surface area contributed by atoms with Gasteiger partial charge in [0.2, 0.25) is 0 Å². The summed E-state index contributed by atoms with van der Waals surface area (Å²) in [6.07, 6.45) is 2.04. The Morgan fingerprint density at radius 3 is 2.43 bits per heavy atom. The molecule has 6 nitrogen and oxygen atoms in total. The summed E-state index contributed by atoms with van der Waals surface area (Å²) in [7, 11) is -1.52. The Morgan fingerprint density at radius 1 is 1.10 bits per heavy atom. The normalized spacial score (nSPS) is 11.6. The van der Waals surface area contributed by atoms with E-state index in [0.717, 1.165) is 47.9 Å². The Morgan fingerprint density at radius 2 is 1.83 bits per heavy atom. The number of benzene rings is 2. The van der Waals surface area contributed by atoms with Crippen LogP contribution < -0.4 is 15.4 Å². The standard InChI is InChI=1S/C22H31N3O3S.HI/c1-6-23-22(24-12-11-19-13-16(2)7-9-20(19)28-4)25-15-18-8-10-21(17(3)14-18)29(5,26)27;/h7-10,13-14H,6,11-12,15H2,1-5H3,(H2,23,24,25);1H. The first-order chi connectivity index (χ1) is 13.7. The molecule has 0 aliphatic heterocycles. The van der Waals surface area contributed by atoms with Crippen molar-refractivity contribution in [3.05, 3.63) is 58.7 Å². The predicted octanol–water partition coefficient (Wildman–Crippen LogP) is 3.63. The molecule has 0 atom stereocenters. The van der Waals surface area contributed by atoms with E-state index in [1.54, 1.807) is 13.2 Å². The van der Waals surface area contributed by atoms with Crippen LogP contribution >= 0.6 is 24.0 Å². The molecule has 0 radical (unpaired) electrons. The number of hydrogen-bond donors (Lipinski definition) is 2. The van der Waals surface area contributed by atoms with Crippen molar-refractivity contribution in [2.75, 3.05) is 26.5 Å². The van der Waals surface area contributed by atoms with Gasteiger partial charge in [0.05, 0.1) is 18.6 Å². The minimum absolute atomic E-state index is 0. The van der Waals surface area contributed by atoms with Crippen LogP contribution in [0.15, 0.2) is 46.3 Å². The number of halogens is 1. The third-order valence-corrected chi connectivity index (χ3v) is 5.78. The number of aryl methyl sites for hydroxylation is 2. The van der Waals surface area contributed by atoms with E-state index in [1.807, 2.05) is 38.1 Å². The molecule has 2 rings (SSSR count). The minimum Gasteiger partial charge on any atom is -0.496 e. The highest BCUT2D eigenvalue weighted by Crippen LogP contribution is 2.20. The molecule has 0 heterocycles. The summed E-state index contributed by atoms with van der Waals surface area (Å²) in [5.41, 5.74) is 4.06. The van der Waals surface area contributed by atoms with E-state index in [4.69, 9.17) is 4.74 Å². The molecule has 0 saturated heterocycles. The number of rotatable bonds is 8. The van der Waals surface area contributed by atoms with Crippen LogP contribution in [-0.4, -0.2) is 40.8 Å². The lowest BCUT2D eigenvalue weighted by Crippen LogP contribution is -2.38. The zero-order chi connectivity index (χ0) is 21.4. The molecule has 0 spiro atoms. The third kappa shape index (κ3) is 7.79. The van der Waals surface area contributed by atoms with Gasteiger partial charge in [0.15, 0.2) is 15.8 Å². The van der Waals surface area contributed by atoms with Crippen LogP contribution in [-0.2, 0) is 22.8 Å². The largest absolute Gasteiger partial charge is 0.496 e. The van der Waals surface area contributed by atoms with Crippen molar-refractivity contribution < 1.29 is 13.2 Å². The molecule has 30 heavy (non-hydrogen) atoms. The first-order valence-electron chi connectivity index (χ1n) is 9.70. The van der Waals surface area contributed by atoms with Crippen LogP contribution in [0.3, 0.4) is 0 Å². The number of hydrogen-bond acceptors (Lipinski definition) is 4. The van der Waals surface area contributed by atoms with Gasteiger partial charge in [0.25, 0.3) is 0 Å². The van der Waals surface area contributed by atoms with E-state index < -0.39 is 9.84 Å². The van der Waals surface area contributed by atoms with Gasteiger partial charge >= 0.3 is 0 Å². The number of aliphatic imine (C=N–C) groups is 1. The summed E-state index contributed by atoms with van der Waals surface area (Å²) in [6.45, 7) is 7.84. The van der Waals surface area contributed by atoms with Crippen molar-refractivity contribution in [3.8, 4) is 5.75 Å². The van der Waals surface area contributed by atoms with Crippen molar-refractivity contribution in [3.63, 3.8) is 0 Å². The zero-order valence-corrected chi connectivity index (χ0v) is 21.4. The van der Waals surface area contributed by atoms with Crippen molar-refractivity contribution in [2.24, 2.45) is 4.99 Å². The smallest absolute Gasteiger partial charge is 0.191 e. The SMILES string of the molecule is CCNC(=NCc1ccc(S(C)(=O)=O)c(C)c1)NCCc1cc(C)ccc1OC.I. The summed E-state index contributed by atoms with van der Waals surface area (Å²) in [4.78, 5) is 4.99. The molecular weight excluding hydrogens is 513 g/mol. The molecule has 0 unspecified atom stereocenters. The first-order valence-corrected chi connectivity index (χ1v) is 11.6. The minimum atomic E-state index is -3.21. The molecule has 0 aliphatic carbocycles. The maximum Gasteiger partial charge on any atom is 0.191 e. The lowest BCUT2D eigenvalue weighted by Gasteiger charge is -2.13. The Labute approximate surface area is 197 Å². The van der Waals surface area contributed by atoms with Gasteiger partial charge in [0.1, 0.15) is 5.75 Å². The lowest BCUT2D eigenvalue weighted by atomic mass is 10.1. The van der Waals surface area contributed by atoms with Crippen LogP contribution in [0.25, 0.3) is 0 Å². The lowest BCUT2D eigenvalue weighted by molar-refractivity contribution is 0.409. The number of methoxy groups -OCH3 is 1. The molecule has 8 heteroatoms. The van der Waals surface area contributed by atoms with Crippen LogP contribution in [0.2, 0.25) is 0 Å². The maximum atomic E-state index is 11.8. The van der Waals surface area contributed by atoms with Gasteiger partial charge in [-0.25, -0.2) is 13.4 Å². The molecule has 0 amide bonds. The number of nitrogens with one attached hydrogen (secondary N) is 2. The van der Waals surface area contributed by atoms with Gasteiger partial charge in [-0.3, -0.25) is 0 Å². The van der Waals surface area contributed by atoms with Crippen LogP contribution in [0.1, 0.15) is 29.2 Å². The monoisotopic (exact) mass is 545 g/mol. The number of nitrogens with zero attached hydrogens (tertiary/aromatic N) is 1. The van der Waals surface area contributed by atoms with Gasteiger partial charge in [-0.1, -0.05) is 29.8 Å². The second kappa shape index (κ2) is 12.1. The number of ether oxygens (including phenoxy) is 1. The first kappa shape index (κ1) is 26.2. The Kier molecular flexibility index (Phi) is 10.6. The van der Waals surface area contributed by atoms with E-state index in [-0.39, 0.29) is 24.0 Å². The van der Waals surface area contributed by atoms with Crippen molar-refractivity contribution in [2.45, 2.75) is 38.6 Å². The fourth-order valence-electron chi connectivity index (χ4n) is 3.16. The molecule has 2 N–H and O–H groups in total. The molecule has 0 aromatic heterocycles. The van der Waals surface area contributed by atoms with Gasteiger partial charge in [-0.15, -0.1) is 24.0 Å². The summed E-state index contributed by atoms with van der Waals surface area (Å²) < 4.78 is 29.0. The number of sulfone groups is 1. The maximum absolute atomic E-state index is 11.8. The van der Waals surface area contributed by atoms with Crippen molar-refractivity contribution in [1.82, 2.24) is 10.6 Å². The molecule has 0 saturated carbocycles. The number of guanidine groups is 1. The Balaban J connectivity index is 0.00000450. The molecule has 166 valence electrons. The zero-order valence-electron chi connectivity index (χ0n) is 18.3. The molecule has 2 aromatic rings. The highest BCUT2D eigenvalue weighted by atomic mass is 127. The average Bonchev–Trinajstić information content (AvgIpc) is 2.65. The van der Waals surface area contributed by atoms with Crippen molar-refractivity contribution in [1.29, 1.82) is 0 Å². The topological polar surface area (TPSA) is 79.8 Å². The molecule has 0 bridgehead atoms. The van der Waals surface area contributed by atoms with E-state index in [1.165, 1.54) is 11.8 Å². The molecular formula is C22H32IN3O3S. The Hall–Kier alpha value is -1.81. The quantitative estimate of drug-likeness (QED) is 0.301. The summed E-state index contributed by atoms with van der Waals surface area (Å²) in [6, 6.07) is 11.5. The third-order valence-electron chi connectivity index (χ3n) is 4.53. The van der Waals surface area contributed by atoms with Crippen LogP contribution in [0, 0.1) is 13.8 Å². The molecule has 2 aromatic carbocycles. The van der Waals surface area contributed by atoms with Crippen molar-refractivity contribution >= 4 is 39.8 Å². The molecule has 0 fully saturated rings. The average molecular weight is 545 g/mol. The summed E-state index contributed by atoms with van der Waals surface area (Å²) in [5.74, 6) is 1.62. The molecule has 0 aliphatic rings. The highest BCUT2D eigenvalue weighted by Gasteiger charge is 2.11. The van der Waals surface area contributed by atoms with E-state index in [9.17, 15) is 8.42 Å². The summed E-state index contributed by atoms with van der Waals surface area (Å²) in [5, 5.41) is 6.59. The Bertz CT molecular complexity index is 976. The van der Waals surface area contributed by atoms with E-state index in [0.29, 0.717) is 11.4 Å². The van der Waals surface area contributed by atoms with E-state index >= 15 is 0 Å².